The third-order valence-corrected chi connectivity index (χ3v) is 16.1. The number of rotatable bonds is 15. The Bertz CT molecular complexity index is 4180. The number of aryl methyl sites for hydroxylation is 8. The Morgan fingerprint density at radius 2 is 0.476 bits per heavy atom. The average molecular weight is 1090 g/mol. The largest absolute Gasteiger partial charge is 0.311 e. The number of anilines is 12. The smallest absolute Gasteiger partial charge is 0.0490 e. The number of benzene rings is 12. The van der Waals surface area contributed by atoms with Gasteiger partial charge in [0.15, 0.2) is 0 Å². The second-order valence-corrected chi connectivity index (χ2v) is 22.5. The molecule has 12 aromatic rings. The topological polar surface area (TPSA) is 13.0 Å². The Balaban J connectivity index is 0.851. The fourth-order valence-corrected chi connectivity index (χ4v) is 11.6. The molecule has 0 fully saturated rings. The van der Waals surface area contributed by atoms with Crippen LogP contribution in [0.5, 0.6) is 0 Å². The summed E-state index contributed by atoms with van der Waals surface area (Å²) >= 11 is 0. The lowest BCUT2D eigenvalue weighted by atomic mass is 9.97. The van der Waals surface area contributed by atoms with E-state index in [4.69, 9.17) is 0 Å². The lowest BCUT2D eigenvalue weighted by Gasteiger charge is -2.29. The van der Waals surface area contributed by atoms with Gasteiger partial charge < -0.3 is 19.6 Å². The highest BCUT2D eigenvalue weighted by Crippen LogP contribution is 2.44. The summed E-state index contributed by atoms with van der Waals surface area (Å²) in [6, 6.07) is 102. The van der Waals surface area contributed by atoms with Crippen molar-refractivity contribution in [2.75, 3.05) is 19.6 Å². The van der Waals surface area contributed by atoms with E-state index in [0.717, 1.165) is 90.4 Å². The van der Waals surface area contributed by atoms with Crippen molar-refractivity contribution in [2.24, 2.45) is 0 Å². The number of hydrogen-bond donors (Lipinski definition) is 0. The van der Waals surface area contributed by atoms with Crippen LogP contribution in [0.15, 0.2) is 279 Å². The zero-order valence-corrected chi connectivity index (χ0v) is 49.3. The molecule has 12 rings (SSSR count). The van der Waals surface area contributed by atoms with E-state index in [1.807, 2.05) is 0 Å². The van der Waals surface area contributed by atoms with Crippen LogP contribution in [0.4, 0.5) is 68.2 Å². The molecule has 0 saturated carbocycles. The summed E-state index contributed by atoms with van der Waals surface area (Å²) in [5, 5.41) is 0. The van der Waals surface area contributed by atoms with Gasteiger partial charge in [-0.3, -0.25) is 0 Å². The lowest BCUT2D eigenvalue weighted by molar-refractivity contribution is 1.23. The molecule has 0 bridgehead atoms. The van der Waals surface area contributed by atoms with Gasteiger partial charge in [-0.25, -0.2) is 0 Å². The molecule has 0 aromatic heterocycles. The molecule has 0 aliphatic heterocycles. The van der Waals surface area contributed by atoms with Crippen LogP contribution >= 0.6 is 0 Å². The Morgan fingerprint density at radius 3 is 0.869 bits per heavy atom. The van der Waals surface area contributed by atoms with Gasteiger partial charge in [0.1, 0.15) is 0 Å². The highest BCUT2D eigenvalue weighted by atomic mass is 15.2. The number of nitrogens with zero attached hydrogens (tertiary/aromatic N) is 4. The van der Waals surface area contributed by atoms with E-state index in [9.17, 15) is 0 Å². The molecule has 0 amide bonds. The molecule has 0 saturated heterocycles. The first-order valence-corrected chi connectivity index (χ1v) is 29.1. The fourth-order valence-electron chi connectivity index (χ4n) is 11.6. The minimum atomic E-state index is 1.08. The van der Waals surface area contributed by atoms with E-state index < -0.39 is 0 Å². The fraction of sp³-hybridized carbons (Fsp3) is 0.100. The van der Waals surface area contributed by atoms with Crippen LogP contribution in [0, 0.1) is 55.4 Å². The van der Waals surface area contributed by atoms with Crippen molar-refractivity contribution in [1.29, 1.82) is 0 Å². The van der Waals surface area contributed by atoms with E-state index in [1.165, 1.54) is 55.8 Å². The van der Waals surface area contributed by atoms with Crippen molar-refractivity contribution in [3.8, 4) is 33.4 Å². The summed E-state index contributed by atoms with van der Waals surface area (Å²) in [5.74, 6) is 0. The molecule has 410 valence electrons. The van der Waals surface area contributed by atoms with Gasteiger partial charge in [0.2, 0.25) is 0 Å². The van der Waals surface area contributed by atoms with Gasteiger partial charge in [-0.05, 0) is 239 Å². The zero-order valence-electron chi connectivity index (χ0n) is 49.3. The molecule has 0 unspecified atom stereocenters. The quantitative estimate of drug-likeness (QED) is 0.101. The predicted octanol–water partition coefficient (Wildman–Crippen LogP) is 23.0. The zero-order chi connectivity index (χ0) is 57.8. The van der Waals surface area contributed by atoms with Gasteiger partial charge in [-0.2, -0.15) is 0 Å². The molecule has 84 heavy (non-hydrogen) atoms. The normalized spacial score (nSPS) is 11.1. The minimum absolute atomic E-state index is 1.08. The van der Waals surface area contributed by atoms with Gasteiger partial charge in [-0.15, -0.1) is 0 Å². The first kappa shape index (κ1) is 54.4. The molecule has 0 atom stereocenters. The molecule has 12 aromatic carbocycles. The Kier molecular flexibility index (Phi) is 15.4. The maximum Gasteiger partial charge on any atom is 0.0490 e. The third-order valence-electron chi connectivity index (χ3n) is 16.1. The van der Waals surface area contributed by atoms with E-state index in [2.05, 4.69) is 354 Å². The number of para-hydroxylation sites is 1. The van der Waals surface area contributed by atoms with Crippen LogP contribution in [-0.4, -0.2) is 0 Å². The Morgan fingerprint density at radius 1 is 0.179 bits per heavy atom. The predicted molar refractivity (Wildman–Crippen MR) is 359 cm³/mol. The number of hydrogen-bond acceptors (Lipinski definition) is 4. The van der Waals surface area contributed by atoms with Crippen molar-refractivity contribution in [2.45, 2.75) is 55.4 Å². The monoisotopic (exact) mass is 1090 g/mol. The molecule has 4 nitrogen and oxygen atoms in total. The highest BCUT2D eigenvalue weighted by Gasteiger charge is 2.21. The van der Waals surface area contributed by atoms with Gasteiger partial charge in [-0.1, -0.05) is 173 Å². The van der Waals surface area contributed by atoms with Gasteiger partial charge >= 0.3 is 0 Å². The van der Waals surface area contributed by atoms with E-state index in [0.29, 0.717) is 0 Å². The van der Waals surface area contributed by atoms with Crippen LogP contribution in [0.25, 0.3) is 33.4 Å². The molecule has 0 N–H and O–H groups in total. The van der Waals surface area contributed by atoms with Crippen molar-refractivity contribution in [3.63, 3.8) is 0 Å². The maximum absolute atomic E-state index is 2.41. The van der Waals surface area contributed by atoms with Crippen LogP contribution in [0.1, 0.15) is 44.5 Å². The van der Waals surface area contributed by atoms with Gasteiger partial charge in [0.05, 0.1) is 0 Å². The first-order chi connectivity index (χ1) is 40.9. The van der Waals surface area contributed by atoms with Gasteiger partial charge in [0.25, 0.3) is 0 Å². The molecule has 0 spiro atoms. The molecule has 0 radical (unpaired) electrons. The summed E-state index contributed by atoms with van der Waals surface area (Å²) in [6.07, 6.45) is 0. The van der Waals surface area contributed by atoms with Gasteiger partial charge in [0, 0.05) is 68.2 Å². The van der Waals surface area contributed by atoms with Crippen molar-refractivity contribution < 1.29 is 0 Å². The van der Waals surface area contributed by atoms with E-state index in [1.54, 1.807) is 0 Å². The standard InChI is InChI=1S/C80H70N4/c1-55-17-34-69(35-18-55)81(70-36-19-56(2)20-37-70)72-41-26-63(27-42-72)64-28-43-73(44-29-64)82(71-38-21-57(3)22-39-71)77-40-25-60(6)78(54-77)67-13-12-16-76(53-67)84(80-50-24-59(5)52-62(80)8)75-47-32-66(33-48-75)65-30-45-74(46-31-65)83(68-14-10-9-11-15-68)79-49-23-58(4)51-61(79)7/h9-54H,1-8H3. The SMILES string of the molecule is Cc1ccc(N(c2ccc(C)cc2)c2ccc(-c3ccc(N(c4ccc(C)cc4)c4ccc(C)c(-c5cccc(N(c6ccc(-c7ccc(N(c8ccccc8)c8ccc(C)cc8C)cc7)cc6)c6ccc(C)cc6C)c5)c4)cc3)cc2)cc1. The average Bonchev–Trinajstić information content (AvgIpc) is 3.70. The summed E-state index contributed by atoms with van der Waals surface area (Å²) in [5.41, 5.74) is 30.2. The van der Waals surface area contributed by atoms with Crippen molar-refractivity contribution in [3.05, 3.63) is 324 Å². The Labute approximate surface area is 497 Å². The lowest BCUT2D eigenvalue weighted by Crippen LogP contribution is -2.12. The highest BCUT2D eigenvalue weighted by molar-refractivity contribution is 5.87. The molecule has 4 heteroatoms. The summed E-state index contributed by atoms with van der Waals surface area (Å²) in [6.45, 7) is 17.4. The van der Waals surface area contributed by atoms with E-state index >= 15 is 0 Å². The molecular weight excluding hydrogens is 1020 g/mol. The second-order valence-electron chi connectivity index (χ2n) is 22.5. The van der Waals surface area contributed by atoms with Crippen LogP contribution in [0.3, 0.4) is 0 Å². The molecule has 0 heterocycles. The van der Waals surface area contributed by atoms with Crippen LogP contribution in [0.2, 0.25) is 0 Å². The third kappa shape index (κ3) is 11.5. The summed E-state index contributed by atoms with van der Waals surface area (Å²) in [4.78, 5) is 9.46. The Hall–Kier alpha value is -10.2. The second kappa shape index (κ2) is 23.7. The maximum atomic E-state index is 2.41. The van der Waals surface area contributed by atoms with Crippen LogP contribution in [-0.2, 0) is 0 Å². The minimum Gasteiger partial charge on any atom is -0.311 e. The first-order valence-electron chi connectivity index (χ1n) is 29.1. The van der Waals surface area contributed by atoms with E-state index in [-0.39, 0.29) is 0 Å². The molecule has 0 aliphatic carbocycles. The van der Waals surface area contributed by atoms with Crippen molar-refractivity contribution in [1.82, 2.24) is 0 Å². The molecule has 0 aliphatic rings. The van der Waals surface area contributed by atoms with Crippen molar-refractivity contribution >= 4 is 68.2 Å². The summed E-state index contributed by atoms with van der Waals surface area (Å²) in [7, 11) is 0. The summed E-state index contributed by atoms with van der Waals surface area (Å²) < 4.78 is 0. The molecular formula is C80H70N4. The van der Waals surface area contributed by atoms with Crippen LogP contribution < -0.4 is 19.6 Å².